The first-order valence-electron chi connectivity index (χ1n) is 6.96. The number of rotatable bonds is 8. The Kier molecular flexibility index (Phi) is 7.70. The van der Waals surface area contributed by atoms with Crippen molar-refractivity contribution < 1.29 is 0 Å². The second kappa shape index (κ2) is 9.52. The highest BCUT2D eigenvalue weighted by Crippen LogP contribution is 2.11. The molecule has 0 radical (unpaired) electrons. The monoisotopic (exact) mass is 243 g/mol. The van der Waals surface area contributed by atoms with E-state index in [0.717, 1.165) is 0 Å². The van der Waals surface area contributed by atoms with Gasteiger partial charge in [0.25, 0.3) is 0 Å². The molecule has 0 N–H and O–H groups in total. The highest BCUT2D eigenvalue weighted by atomic mass is 15.1. The summed E-state index contributed by atoms with van der Waals surface area (Å²) in [4.78, 5) is 2.13. The summed E-state index contributed by atoms with van der Waals surface area (Å²) >= 11 is 0. The lowest BCUT2D eigenvalue weighted by atomic mass is 10.1. The summed E-state index contributed by atoms with van der Waals surface area (Å²) in [5, 5.41) is 0. The normalized spacial score (nSPS) is 11.4. The second-order valence-electron chi connectivity index (χ2n) is 4.57. The minimum absolute atomic E-state index is 1.19. The van der Waals surface area contributed by atoms with Crippen LogP contribution in [0.3, 0.4) is 0 Å². The van der Waals surface area contributed by atoms with E-state index in [0.29, 0.717) is 0 Å². The molecular formula is C17H25N. The van der Waals surface area contributed by atoms with Gasteiger partial charge in [-0.25, -0.2) is 0 Å². The highest BCUT2D eigenvalue weighted by Gasteiger charge is 1.92. The average molecular weight is 243 g/mol. The van der Waals surface area contributed by atoms with Crippen molar-refractivity contribution in [3.63, 3.8) is 0 Å². The Labute approximate surface area is 112 Å². The zero-order valence-corrected chi connectivity index (χ0v) is 11.7. The third kappa shape index (κ3) is 6.29. The molecule has 1 rings (SSSR count). The molecule has 1 aromatic rings. The topological polar surface area (TPSA) is 3.24 Å². The lowest BCUT2D eigenvalue weighted by Crippen LogP contribution is -2.06. The smallest absolute Gasteiger partial charge is 0.0403 e. The van der Waals surface area contributed by atoms with Crippen LogP contribution in [0.1, 0.15) is 39.0 Å². The van der Waals surface area contributed by atoms with Crippen LogP contribution in [0.25, 0.3) is 0 Å². The van der Waals surface area contributed by atoms with Crippen LogP contribution in [-0.2, 0) is 0 Å². The lowest BCUT2D eigenvalue weighted by molar-refractivity contribution is 0.674. The van der Waals surface area contributed by atoms with Crippen molar-refractivity contribution in [2.45, 2.75) is 39.0 Å². The third-order valence-electron chi connectivity index (χ3n) is 2.94. The lowest BCUT2D eigenvalue weighted by Gasteiger charge is -2.12. The van der Waals surface area contributed by atoms with Gasteiger partial charge in [0.05, 0.1) is 0 Å². The number of unbranched alkanes of at least 4 members (excludes halogenated alkanes) is 4. The van der Waals surface area contributed by atoms with Crippen LogP contribution in [0, 0.1) is 0 Å². The fraction of sp³-hybridized carbons (Fsp3) is 0.412. The Bertz CT molecular complexity index is 351. The maximum Gasteiger partial charge on any atom is 0.0403 e. The largest absolute Gasteiger partial charge is 0.351 e. The van der Waals surface area contributed by atoms with E-state index in [2.05, 4.69) is 67.6 Å². The zero-order valence-electron chi connectivity index (χ0n) is 11.7. The van der Waals surface area contributed by atoms with Gasteiger partial charge in [0.2, 0.25) is 0 Å². The van der Waals surface area contributed by atoms with Gasteiger partial charge in [-0.3, -0.25) is 0 Å². The Hall–Kier alpha value is -1.50. The summed E-state index contributed by atoms with van der Waals surface area (Å²) in [5.41, 5.74) is 1.21. The number of benzene rings is 1. The average Bonchev–Trinajstić information content (AvgIpc) is 2.42. The molecule has 0 fully saturated rings. The van der Waals surface area contributed by atoms with Crippen LogP contribution < -0.4 is 4.90 Å². The van der Waals surface area contributed by atoms with Gasteiger partial charge in [-0.05, 0) is 31.1 Å². The van der Waals surface area contributed by atoms with E-state index in [1.807, 2.05) is 6.07 Å². The van der Waals surface area contributed by atoms with E-state index in [1.165, 1.54) is 37.8 Å². The molecule has 0 aliphatic rings. The van der Waals surface area contributed by atoms with E-state index in [4.69, 9.17) is 0 Å². The molecule has 0 aliphatic heterocycles. The SMILES string of the molecule is CCCCCC/C=C/C=C/N(C)c1ccccc1. The molecule has 1 nitrogen and oxygen atoms in total. The van der Waals surface area contributed by atoms with Crippen LogP contribution in [0.2, 0.25) is 0 Å². The number of allylic oxidation sites excluding steroid dienone is 3. The maximum absolute atomic E-state index is 2.25. The van der Waals surface area contributed by atoms with Crippen molar-refractivity contribution in [1.82, 2.24) is 0 Å². The highest BCUT2D eigenvalue weighted by molar-refractivity contribution is 5.47. The minimum Gasteiger partial charge on any atom is -0.351 e. The summed E-state index contributed by atoms with van der Waals surface area (Å²) in [6.07, 6.45) is 15.1. The Morgan fingerprint density at radius 1 is 1.00 bits per heavy atom. The van der Waals surface area contributed by atoms with Crippen LogP contribution in [0.5, 0.6) is 0 Å². The maximum atomic E-state index is 2.25. The molecule has 0 aromatic heterocycles. The van der Waals surface area contributed by atoms with Gasteiger partial charge in [0.1, 0.15) is 0 Å². The molecule has 1 aromatic carbocycles. The Morgan fingerprint density at radius 3 is 2.50 bits per heavy atom. The minimum atomic E-state index is 1.19. The van der Waals surface area contributed by atoms with Gasteiger partial charge in [-0.2, -0.15) is 0 Å². The molecule has 0 unspecified atom stereocenters. The molecule has 0 saturated carbocycles. The first-order valence-corrected chi connectivity index (χ1v) is 6.96. The summed E-state index contributed by atoms with van der Waals surface area (Å²) in [7, 11) is 2.07. The number of anilines is 1. The fourth-order valence-corrected chi connectivity index (χ4v) is 1.79. The van der Waals surface area contributed by atoms with Gasteiger partial charge in [0.15, 0.2) is 0 Å². The molecular weight excluding hydrogens is 218 g/mol. The number of para-hydroxylation sites is 1. The molecule has 1 heteroatoms. The molecule has 18 heavy (non-hydrogen) atoms. The summed E-state index contributed by atoms with van der Waals surface area (Å²) in [6.45, 7) is 2.25. The molecule has 98 valence electrons. The molecule has 0 saturated heterocycles. The first-order chi connectivity index (χ1) is 8.84. The van der Waals surface area contributed by atoms with E-state index < -0.39 is 0 Å². The zero-order chi connectivity index (χ0) is 13.1. The quantitative estimate of drug-likeness (QED) is 0.450. The molecule has 0 spiro atoms. The predicted octanol–water partition coefficient (Wildman–Crippen LogP) is 5.16. The van der Waals surface area contributed by atoms with Crippen molar-refractivity contribution in [1.29, 1.82) is 0 Å². The van der Waals surface area contributed by atoms with Crippen molar-refractivity contribution in [2.75, 3.05) is 11.9 Å². The summed E-state index contributed by atoms with van der Waals surface area (Å²) < 4.78 is 0. The van der Waals surface area contributed by atoms with Crippen LogP contribution in [-0.4, -0.2) is 7.05 Å². The van der Waals surface area contributed by atoms with Crippen LogP contribution in [0.15, 0.2) is 54.8 Å². The van der Waals surface area contributed by atoms with Crippen molar-refractivity contribution >= 4 is 5.69 Å². The van der Waals surface area contributed by atoms with Gasteiger partial charge >= 0.3 is 0 Å². The van der Waals surface area contributed by atoms with Gasteiger partial charge in [0, 0.05) is 18.9 Å². The summed E-state index contributed by atoms with van der Waals surface area (Å²) in [6, 6.07) is 10.4. The van der Waals surface area contributed by atoms with Crippen LogP contribution in [0.4, 0.5) is 5.69 Å². The van der Waals surface area contributed by atoms with E-state index in [9.17, 15) is 0 Å². The van der Waals surface area contributed by atoms with Gasteiger partial charge in [-0.1, -0.05) is 56.5 Å². The fourth-order valence-electron chi connectivity index (χ4n) is 1.79. The van der Waals surface area contributed by atoms with E-state index in [1.54, 1.807) is 0 Å². The Balaban J connectivity index is 2.22. The van der Waals surface area contributed by atoms with Crippen molar-refractivity contribution in [2.24, 2.45) is 0 Å². The summed E-state index contributed by atoms with van der Waals surface area (Å²) in [5.74, 6) is 0. The van der Waals surface area contributed by atoms with Gasteiger partial charge in [-0.15, -0.1) is 0 Å². The molecule has 0 aliphatic carbocycles. The molecule has 0 atom stereocenters. The van der Waals surface area contributed by atoms with E-state index >= 15 is 0 Å². The standard InChI is InChI=1S/C17H25N/c1-3-4-5-6-7-8-9-13-16-18(2)17-14-11-10-12-15-17/h8-16H,3-7H2,1-2H3/b9-8+,16-13+. The Morgan fingerprint density at radius 2 is 1.78 bits per heavy atom. The first kappa shape index (κ1) is 14.6. The van der Waals surface area contributed by atoms with Gasteiger partial charge < -0.3 is 4.90 Å². The van der Waals surface area contributed by atoms with E-state index in [-0.39, 0.29) is 0 Å². The van der Waals surface area contributed by atoms with Crippen LogP contribution >= 0.6 is 0 Å². The molecule has 0 heterocycles. The number of nitrogens with zero attached hydrogens (tertiary/aromatic N) is 1. The molecule has 0 amide bonds. The van der Waals surface area contributed by atoms with Crippen molar-refractivity contribution in [3.05, 3.63) is 54.8 Å². The second-order valence-corrected chi connectivity index (χ2v) is 4.57. The molecule has 0 bridgehead atoms. The number of hydrogen-bond donors (Lipinski definition) is 0. The number of hydrogen-bond acceptors (Lipinski definition) is 1. The third-order valence-corrected chi connectivity index (χ3v) is 2.94. The predicted molar refractivity (Wildman–Crippen MR) is 81.9 cm³/mol. The van der Waals surface area contributed by atoms with Crippen molar-refractivity contribution in [3.8, 4) is 0 Å².